The van der Waals surface area contributed by atoms with E-state index in [9.17, 15) is 20.0 Å². The molecular formula is C10H6IN3O5. The smallest absolute Gasteiger partial charge is 0.395 e. The summed E-state index contributed by atoms with van der Waals surface area (Å²) in [5.74, 6) is -0.424. The van der Waals surface area contributed by atoms with Crippen LogP contribution in [0.2, 0.25) is 0 Å². The van der Waals surface area contributed by atoms with E-state index in [-0.39, 0.29) is 5.82 Å². The molecule has 19 heavy (non-hydrogen) atoms. The second kappa shape index (κ2) is 5.22. The lowest BCUT2D eigenvalue weighted by Crippen LogP contribution is -2.14. The predicted molar refractivity (Wildman–Crippen MR) is 73.5 cm³/mol. The lowest BCUT2D eigenvalue weighted by Gasteiger charge is -1.96. The predicted octanol–water partition coefficient (Wildman–Crippen LogP) is 1.75. The van der Waals surface area contributed by atoms with E-state index in [2.05, 4.69) is 9.97 Å². The van der Waals surface area contributed by atoms with E-state index in [0.717, 1.165) is 0 Å². The topological polar surface area (TPSA) is 122 Å². The highest BCUT2D eigenvalue weighted by Gasteiger charge is 2.21. The standard InChI is InChI=1S/C10H6IN3O5/c11-6-3-1-5(19-6)2-4-7-12-9(15)8(14(17)18)10(16)13-7/h1-4H,(H2,12,13,15,16)/b4-2+. The molecule has 2 N–H and O–H groups in total. The summed E-state index contributed by atoms with van der Waals surface area (Å²) in [5, 5.41) is 19.8. The van der Waals surface area contributed by atoms with E-state index in [4.69, 9.17) is 4.42 Å². The largest absolute Gasteiger partial charge is 0.488 e. The Morgan fingerprint density at radius 1 is 1.47 bits per heavy atom. The van der Waals surface area contributed by atoms with Gasteiger partial charge in [0.25, 0.3) is 5.88 Å². The van der Waals surface area contributed by atoms with Crippen molar-refractivity contribution < 1.29 is 14.4 Å². The van der Waals surface area contributed by atoms with Crippen LogP contribution < -0.4 is 5.56 Å². The van der Waals surface area contributed by atoms with E-state index < -0.39 is 22.0 Å². The van der Waals surface area contributed by atoms with Crippen molar-refractivity contribution >= 4 is 40.4 Å². The Morgan fingerprint density at radius 3 is 2.74 bits per heavy atom. The van der Waals surface area contributed by atoms with Crippen LogP contribution in [0.3, 0.4) is 0 Å². The molecule has 0 aromatic carbocycles. The van der Waals surface area contributed by atoms with Gasteiger partial charge in [-0.15, -0.1) is 0 Å². The minimum atomic E-state index is -1.02. The Morgan fingerprint density at radius 2 is 2.21 bits per heavy atom. The molecule has 9 heteroatoms. The van der Waals surface area contributed by atoms with Gasteiger partial charge in [0.1, 0.15) is 11.6 Å². The number of hydrogen-bond acceptors (Lipinski definition) is 6. The number of halogens is 1. The number of hydrogen-bond donors (Lipinski definition) is 2. The summed E-state index contributed by atoms with van der Waals surface area (Å²) in [5.41, 5.74) is -2.00. The number of rotatable bonds is 3. The highest BCUT2D eigenvalue weighted by Crippen LogP contribution is 2.17. The van der Waals surface area contributed by atoms with Crippen molar-refractivity contribution in [1.29, 1.82) is 0 Å². The average Bonchev–Trinajstić information content (AvgIpc) is 2.71. The number of aromatic hydroxyl groups is 1. The van der Waals surface area contributed by atoms with Gasteiger partial charge in [0.15, 0.2) is 3.77 Å². The van der Waals surface area contributed by atoms with Gasteiger partial charge < -0.3 is 14.5 Å². The highest BCUT2D eigenvalue weighted by atomic mass is 127. The molecule has 0 saturated carbocycles. The normalized spacial score (nSPS) is 11.0. The first-order valence-corrected chi connectivity index (χ1v) is 5.96. The van der Waals surface area contributed by atoms with Gasteiger partial charge >= 0.3 is 11.2 Å². The molecule has 0 saturated heterocycles. The van der Waals surface area contributed by atoms with Crippen LogP contribution in [0.15, 0.2) is 21.3 Å². The van der Waals surface area contributed by atoms with Gasteiger partial charge in [0.05, 0.1) is 4.92 Å². The summed E-state index contributed by atoms with van der Waals surface area (Å²) in [6, 6.07) is 3.44. The minimum Gasteiger partial charge on any atom is -0.488 e. The van der Waals surface area contributed by atoms with Crippen LogP contribution in [0.5, 0.6) is 5.88 Å². The Labute approximate surface area is 119 Å². The van der Waals surface area contributed by atoms with Gasteiger partial charge in [-0.3, -0.25) is 14.9 Å². The molecule has 2 heterocycles. The number of aromatic nitrogens is 2. The molecule has 2 aromatic heterocycles. The third-order valence-corrected chi connectivity index (χ3v) is 2.66. The molecule has 0 aliphatic heterocycles. The molecule has 0 atom stereocenters. The second-order valence-corrected chi connectivity index (χ2v) is 4.42. The Balaban J connectivity index is 2.35. The number of H-pyrrole nitrogens is 1. The summed E-state index contributed by atoms with van der Waals surface area (Å²) in [4.78, 5) is 26.5. The molecule has 2 aromatic rings. The average molecular weight is 375 g/mol. The molecule has 0 aliphatic rings. The van der Waals surface area contributed by atoms with Crippen LogP contribution in [-0.2, 0) is 0 Å². The molecule has 0 fully saturated rings. The van der Waals surface area contributed by atoms with Crippen LogP contribution in [0.4, 0.5) is 5.69 Å². The summed E-state index contributed by atoms with van der Waals surface area (Å²) < 4.78 is 5.92. The highest BCUT2D eigenvalue weighted by molar-refractivity contribution is 14.1. The maximum absolute atomic E-state index is 11.4. The van der Waals surface area contributed by atoms with Crippen molar-refractivity contribution in [2.75, 3.05) is 0 Å². The SMILES string of the molecule is O=c1[nH]c(/C=C/c2ccc(I)o2)nc(O)c1[N+](=O)[O-]. The van der Waals surface area contributed by atoms with Gasteiger partial charge in [-0.2, -0.15) is 4.98 Å². The maximum Gasteiger partial charge on any atom is 0.395 e. The zero-order valence-electron chi connectivity index (χ0n) is 9.16. The minimum absolute atomic E-state index is 0.0143. The third kappa shape index (κ3) is 2.99. The molecule has 8 nitrogen and oxygen atoms in total. The van der Waals surface area contributed by atoms with Gasteiger partial charge in [-0.25, -0.2) is 0 Å². The molecule has 0 spiro atoms. The van der Waals surface area contributed by atoms with Crippen molar-refractivity contribution in [2.45, 2.75) is 0 Å². The van der Waals surface area contributed by atoms with Crippen molar-refractivity contribution in [3.8, 4) is 5.88 Å². The third-order valence-electron chi connectivity index (χ3n) is 2.08. The monoisotopic (exact) mass is 375 g/mol. The number of nitrogens with one attached hydrogen (secondary N) is 1. The lowest BCUT2D eigenvalue weighted by molar-refractivity contribution is -0.387. The first kappa shape index (κ1) is 13.3. The number of furan rings is 1. The first-order chi connectivity index (χ1) is 8.97. The Hall–Kier alpha value is -2.17. The summed E-state index contributed by atoms with van der Waals surface area (Å²) in [6.07, 6.45) is 2.87. The molecule has 0 unspecified atom stereocenters. The number of nitro groups is 1. The zero-order valence-corrected chi connectivity index (χ0v) is 11.3. The van der Waals surface area contributed by atoms with Gasteiger partial charge in [-0.05, 0) is 46.9 Å². The van der Waals surface area contributed by atoms with Gasteiger partial charge in [0, 0.05) is 0 Å². The fourth-order valence-electron chi connectivity index (χ4n) is 1.29. The van der Waals surface area contributed by atoms with Gasteiger partial charge in [0.2, 0.25) is 0 Å². The van der Waals surface area contributed by atoms with Crippen molar-refractivity contribution in [1.82, 2.24) is 9.97 Å². The van der Waals surface area contributed by atoms with E-state index in [1.165, 1.54) is 12.2 Å². The summed E-state index contributed by atoms with van der Waals surface area (Å²) in [7, 11) is 0. The van der Waals surface area contributed by atoms with Crippen molar-refractivity contribution in [3.05, 3.63) is 48.0 Å². The molecule has 0 aliphatic carbocycles. The van der Waals surface area contributed by atoms with Crippen molar-refractivity contribution in [2.24, 2.45) is 0 Å². The van der Waals surface area contributed by atoms with E-state index in [0.29, 0.717) is 9.53 Å². The van der Waals surface area contributed by atoms with Crippen LogP contribution in [0.1, 0.15) is 11.6 Å². The van der Waals surface area contributed by atoms with Crippen LogP contribution in [0, 0.1) is 13.9 Å². The Bertz CT molecular complexity index is 718. The molecule has 0 amide bonds. The van der Waals surface area contributed by atoms with Crippen molar-refractivity contribution in [3.63, 3.8) is 0 Å². The van der Waals surface area contributed by atoms with Gasteiger partial charge in [-0.1, -0.05) is 0 Å². The number of aromatic amines is 1. The maximum atomic E-state index is 11.4. The quantitative estimate of drug-likeness (QED) is 0.479. The molecule has 0 bridgehead atoms. The molecular weight excluding hydrogens is 369 g/mol. The summed E-state index contributed by atoms with van der Waals surface area (Å²) >= 11 is 1.99. The van der Waals surface area contributed by atoms with Crippen LogP contribution in [-0.4, -0.2) is 20.0 Å². The van der Waals surface area contributed by atoms with E-state index in [1.54, 1.807) is 12.1 Å². The van der Waals surface area contributed by atoms with E-state index in [1.807, 2.05) is 22.6 Å². The fraction of sp³-hybridized carbons (Fsp3) is 0. The lowest BCUT2D eigenvalue weighted by atomic mass is 10.4. The Kier molecular flexibility index (Phi) is 3.64. The van der Waals surface area contributed by atoms with Crippen LogP contribution >= 0.6 is 22.6 Å². The zero-order chi connectivity index (χ0) is 14.0. The fourth-order valence-corrected chi connectivity index (χ4v) is 1.73. The van der Waals surface area contributed by atoms with Crippen LogP contribution in [0.25, 0.3) is 12.2 Å². The summed E-state index contributed by atoms with van der Waals surface area (Å²) in [6.45, 7) is 0. The number of nitrogens with zero attached hydrogens (tertiary/aromatic N) is 2. The molecule has 2 rings (SSSR count). The molecule has 0 radical (unpaired) electrons. The van der Waals surface area contributed by atoms with E-state index >= 15 is 0 Å². The molecule has 98 valence electrons. The second-order valence-electron chi connectivity index (χ2n) is 3.36. The first-order valence-electron chi connectivity index (χ1n) is 4.88.